The summed E-state index contributed by atoms with van der Waals surface area (Å²) < 4.78 is 29.3. The van der Waals surface area contributed by atoms with Gasteiger partial charge < -0.3 is 10.5 Å². The summed E-state index contributed by atoms with van der Waals surface area (Å²) in [6, 6.07) is 4.45. The molecule has 15 heavy (non-hydrogen) atoms. The van der Waals surface area contributed by atoms with Crippen molar-refractivity contribution in [2.45, 2.75) is 6.43 Å². The third-order valence-corrected chi connectivity index (χ3v) is 2.47. The van der Waals surface area contributed by atoms with Crippen LogP contribution < -0.4 is 10.5 Å². The molecule has 1 rings (SSSR count). The van der Waals surface area contributed by atoms with E-state index in [9.17, 15) is 13.6 Å². The summed E-state index contributed by atoms with van der Waals surface area (Å²) in [6.07, 6.45) is -2.54. The molecule has 0 atom stereocenters. The fraction of sp³-hybridized carbons (Fsp3) is 0.222. The zero-order valence-corrected chi connectivity index (χ0v) is 9.70. The van der Waals surface area contributed by atoms with Gasteiger partial charge in [0.15, 0.2) is 0 Å². The molecule has 2 N–H and O–H groups in total. The second-order valence-electron chi connectivity index (χ2n) is 2.71. The fourth-order valence-electron chi connectivity index (χ4n) is 0.920. The number of halogens is 3. The fourth-order valence-corrected chi connectivity index (χ4v) is 1.41. The summed E-state index contributed by atoms with van der Waals surface area (Å²) in [5.41, 5.74) is 5.28. The van der Waals surface area contributed by atoms with Crippen LogP contribution in [-0.4, -0.2) is 18.9 Å². The highest BCUT2D eigenvalue weighted by atomic mass is 127. The molecule has 0 saturated carbocycles. The Morgan fingerprint density at radius 1 is 1.53 bits per heavy atom. The largest absolute Gasteiger partial charge is 0.487 e. The molecule has 0 heterocycles. The average Bonchev–Trinajstić information content (AvgIpc) is 2.16. The first kappa shape index (κ1) is 12.2. The molecule has 1 aromatic rings. The summed E-state index contributed by atoms with van der Waals surface area (Å²) >= 11 is 1.93. The predicted octanol–water partition coefficient (Wildman–Crippen LogP) is 2.03. The molecule has 82 valence electrons. The van der Waals surface area contributed by atoms with Crippen LogP contribution in [0.2, 0.25) is 0 Å². The molecule has 0 fully saturated rings. The van der Waals surface area contributed by atoms with Crippen LogP contribution in [0.5, 0.6) is 5.75 Å². The van der Waals surface area contributed by atoms with Gasteiger partial charge in [-0.3, -0.25) is 4.79 Å². The smallest absolute Gasteiger partial charge is 0.272 e. The third kappa shape index (κ3) is 3.61. The zero-order valence-electron chi connectivity index (χ0n) is 7.54. The molecule has 6 heteroatoms. The molecule has 0 aromatic heterocycles. The number of carbonyl (C=O) groups excluding carboxylic acids is 1. The molecule has 0 aliphatic rings. The van der Waals surface area contributed by atoms with Crippen molar-refractivity contribution in [2.75, 3.05) is 6.61 Å². The Morgan fingerprint density at radius 2 is 2.20 bits per heavy atom. The first-order valence-corrected chi connectivity index (χ1v) is 5.09. The SMILES string of the molecule is NC(=O)c1ccc(I)c(OCC(F)F)c1. The van der Waals surface area contributed by atoms with Crippen molar-refractivity contribution >= 4 is 28.5 Å². The highest BCUT2D eigenvalue weighted by molar-refractivity contribution is 14.1. The molecule has 1 amide bonds. The van der Waals surface area contributed by atoms with E-state index in [4.69, 9.17) is 10.5 Å². The van der Waals surface area contributed by atoms with E-state index in [0.29, 0.717) is 3.57 Å². The Labute approximate surface area is 98.7 Å². The van der Waals surface area contributed by atoms with Gasteiger partial charge in [0.05, 0.1) is 3.57 Å². The van der Waals surface area contributed by atoms with Crippen LogP contribution in [0.4, 0.5) is 8.78 Å². The van der Waals surface area contributed by atoms with Gasteiger partial charge in [-0.25, -0.2) is 8.78 Å². The van der Waals surface area contributed by atoms with Gasteiger partial charge in [-0.2, -0.15) is 0 Å². The van der Waals surface area contributed by atoms with E-state index in [1.165, 1.54) is 12.1 Å². The highest BCUT2D eigenvalue weighted by Gasteiger charge is 2.09. The van der Waals surface area contributed by atoms with Crippen LogP contribution in [-0.2, 0) is 0 Å². The maximum atomic E-state index is 11.9. The average molecular weight is 327 g/mol. The number of carbonyl (C=O) groups is 1. The van der Waals surface area contributed by atoms with Crippen molar-refractivity contribution in [3.8, 4) is 5.75 Å². The Kier molecular flexibility index (Phi) is 4.25. The van der Waals surface area contributed by atoms with Gasteiger partial charge in [-0.15, -0.1) is 0 Å². The lowest BCUT2D eigenvalue weighted by Crippen LogP contribution is -2.12. The molecule has 0 unspecified atom stereocenters. The lowest BCUT2D eigenvalue weighted by atomic mass is 10.2. The molecular weight excluding hydrogens is 319 g/mol. The van der Waals surface area contributed by atoms with E-state index in [1.54, 1.807) is 6.07 Å². The van der Waals surface area contributed by atoms with Crippen LogP contribution in [0.1, 0.15) is 10.4 Å². The molecular formula is C9H8F2INO2. The normalized spacial score (nSPS) is 10.4. The Bertz CT molecular complexity index is 371. The molecule has 3 nitrogen and oxygen atoms in total. The van der Waals surface area contributed by atoms with Gasteiger partial charge in [0.2, 0.25) is 5.91 Å². The molecule has 0 saturated heterocycles. The summed E-state index contributed by atoms with van der Waals surface area (Å²) in [4.78, 5) is 10.8. The summed E-state index contributed by atoms with van der Waals surface area (Å²) in [6.45, 7) is -0.696. The molecule has 0 radical (unpaired) electrons. The van der Waals surface area contributed by atoms with Crippen molar-refractivity contribution in [3.05, 3.63) is 27.3 Å². The predicted molar refractivity (Wildman–Crippen MR) is 59.2 cm³/mol. The number of hydrogen-bond acceptors (Lipinski definition) is 2. The van der Waals surface area contributed by atoms with E-state index < -0.39 is 18.9 Å². The van der Waals surface area contributed by atoms with Gasteiger partial charge in [0.1, 0.15) is 12.4 Å². The maximum Gasteiger partial charge on any atom is 0.272 e. The number of ether oxygens (including phenoxy) is 1. The van der Waals surface area contributed by atoms with Crippen molar-refractivity contribution < 1.29 is 18.3 Å². The highest BCUT2D eigenvalue weighted by Crippen LogP contribution is 2.22. The lowest BCUT2D eigenvalue weighted by molar-refractivity contribution is 0.0814. The second kappa shape index (κ2) is 5.24. The van der Waals surface area contributed by atoms with Crippen LogP contribution in [0.15, 0.2) is 18.2 Å². The molecule has 0 spiro atoms. The Hall–Kier alpha value is -0.920. The van der Waals surface area contributed by atoms with Crippen LogP contribution in [0.25, 0.3) is 0 Å². The van der Waals surface area contributed by atoms with Gasteiger partial charge in [0, 0.05) is 5.56 Å². The first-order valence-electron chi connectivity index (χ1n) is 4.01. The van der Waals surface area contributed by atoms with Crippen molar-refractivity contribution in [1.82, 2.24) is 0 Å². The second-order valence-corrected chi connectivity index (χ2v) is 3.87. The topological polar surface area (TPSA) is 52.3 Å². The Balaban J connectivity index is 2.85. The summed E-state index contributed by atoms with van der Waals surface area (Å²) in [5.74, 6) is -0.375. The minimum absolute atomic E-state index is 0.236. The summed E-state index contributed by atoms with van der Waals surface area (Å²) in [7, 11) is 0. The van der Waals surface area contributed by atoms with E-state index in [1.807, 2.05) is 22.6 Å². The first-order chi connectivity index (χ1) is 7.00. The number of hydrogen-bond donors (Lipinski definition) is 1. The van der Waals surface area contributed by atoms with E-state index in [2.05, 4.69) is 0 Å². The third-order valence-electron chi connectivity index (χ3n) is 1.58. The van der Waals surface area contributed by atoms with Crippen molar-refractivity contribution in [1.29, 1.82) is 0 Å². The van der Waals surface area contributed by atoms with Gasteiger partial charge in [-0.1, -0.05) is 0 Å². The maximum absolute atomic E-state index is 11.9. The minimum atomic E-state index is -2.54. The zero-order chi connectivity index (χ0) is 11.4. The summed E-state index contributed by atoms with van der Waals surface area (Å²) in [5, 5.41) is 0. The lowest BCUT2D eigenvalue weighted by Gasteiger charge is -2.08. The molecule has 0 aliphatic carbocycles. The number of benzene rings is 1. The molecule has 0 bridgehead atoms. The van der Waals surface area contributed by atoms with Gasteiger partial charge in [-0.05, 0) is 40.8 Å². The van der Waals surface area contributed by atoms with Crippen molar-refractivity contribution in [2.24, 2.45) is 5.73 Å². The number of rotatable bonds is 4. The van der Waals surface area contributed by atoms with E-state index >= 15 is 0 Å². The van der Waals surface area contributed by atoms with Crippen LogP contribution >= 0.6 is 22.6 Å². The van der Waals surface area contributed by atoms with Crippen LogP contribution in [0, 0.1) is 3.57 Å². The number of alkyl halides is 2. The quantitative estimate of drug-likeness (QED) is 0.861. The monoisotopic (exact) mass is 327 g/mol. The minimum Gasteiger partial charge on any atom is -0.487 e. The number of amides is 1. The standard InChI is InChI=1S/C9H8F2INO2/c10-8(11)4-15-7-3-5(9(13)14)1-2-6(7)12/h1-3,8H,4H2,(H2,13,14). The molecule has 1 aromatic carbocycles. The number of nitrogens with two attached hydrogens (primary N) is 1. The number of primary amides is 1. The Morgan fingerprint density at radius 3 is 2.73 bits per heavy atom. The van der Waals surface area contributed by atoms with Crippen LogP contribution in [0.3, 0.4) is 0 Å². The van der Waals surface area contributed by atoms with E-state index in [-0.39, 0.29) is 11.3 Å². The van der Waals surface area contributed by atoms with Gasteiger partial charge in [0.25, 0.3) is 6.43 Å². The van der Waals surface area contributed by atoms with E-state index in [0.717, 1.165) is 0 Å². The van der Waals surface area contributed by atoms with Gasteiger partial charge >= 0.3 is 0 Å². The van der Waals surface area contributed by atoms with Crippen molar-refractivity contribution in [3.63, 3.8) is 0 Å². The molecule has 0 aliphatic heterocycles.